The summed E-state index contributed by atoms with van der Waals surface area (Å²) >= 11 is 17.8. The number of carbonyl (C=O) groups excluding carboxylic acids is 2. The lowest BCUT2D eigenvalue weighted by molar-refractivity contribution is -0.129. The van der Waals surface area contributed by atoms with Crippen LogP contribution in [0, 0.1) is 0 Å². The van der Waals surface area contributed by atoms with E-state index in [4.69, 9.17) is 39.5 Å². The van der Waals surface area contributed by atoms with Gasteiger partial charge in [0, 0.05) is 6.04 Å². The molecule has 1 unspecified atom stereocenters. The molecule has 2 rings (SSSR count). The number of carbonyl (C=O) groups is 2. The smallest absolute Gasteiger partial charge is 0.342 e. The Morgan fingerprint density at radius 1 is 1.18 bits per heavy atom. The third-order valence-electron chi connectivity index (χ3n) is 3.60. The molecule has 4 nitrogen and oxygen atoms in total. The Balaban J connectivity index is 2.02. The summed E-state index contributed by atoms with van der Waals surface area (Å²) in [6.45, 7) is 1.51. The number of esters is 1. The van der Waals surface area contributed by atoms with Crippen LogP contribution in [0.2, 0.25) is 15.1 Å². The topological polar surface area (TPSA) is 55.4 Å². The number of halogens is 3. The van der Waals surface area contributed by atoms with Gasteiger partial charge in [-0.05, 0) is 31.9 Å². The number of amides is 1. The Hall–Kier alpha value is -0.970. The zero-order valence-corrected chi connectivity index (χ0v) is 14.3. The molecule has 1 aromatic carbocycles. The minimum absolute atomic E-state index is 0.0163. The zero-order valence-electron chi connectivity index (χ0n) is 12.0. The van der Waals surface area contributed by atoms with Crippen LogP contribution in [0.5, 0.6) is 0 Å². The molecule has 22 heavy (non-hydrogen) atoms. The van der Waals surface area contributed by atoms with Crippen molar-refractivity contribution in [1.29, 1.82) is 0 Å². The molecular formula is C15H16Cl3NO3. The molecule has 0 radical (unpaired) electrons. The van der Waals surface area contributed by atoms with Crippen LogP contribution in [0.25, 0.3) is 0 Å². The third-order valence-corrected chi connectivity index (χ3v) is 4.72. The van der Waals surface area contributed by atoms with Crippen molar-refractivity contribution >= 4 is 46.7 Å². The van der Waals surface area contributed by atoms with Crippen LogP contribution in [0.1, 0.15) is 43.0 Å². The molecule has 1 aliphatic rings. The summed E-state index contributed by atoms with van der Waals surface area (Å²) in [6.07, 6.45) is 3.19. The van der Waals surface area contributed by atoms with E-state index in [1.807, 2.05) is 0 Å². The minimum Gasteiger partial charge on any atom is -0.449 e. The lowest BCUT2D eigenvalue weighted by Crippen LogP contribution is -2.40. The van der Waals surface area contributed by atoms with E-state index in [1.165, 1.54) is 19.1 Å². The van der Waals surface area contributed by atoms with E-state index in [1.54, 1.807) is 0 Å². The quantitative estimate of drug-likeness (QED) is 0.642. The molecule has 0 aromatic heterocycles. The first-order valence-electron chi connectivity index (χ1n) is 7.05. The maximum absolute atomic E-state index is 12.2. The van der Waals surface area contributed by atoms with Gasteiger partial charge in [0.15, 0.2) is 6.10 Å². The molecule has 1 saturated carbocycles. The zero-order chi connectivity index (χ0) is 16.3. The van der Waals surface area contributed by atoms with Crippen molar-refractivity contribution in [2.24, 2.45) is 0 Å². The summed E-state index contributed by atoms with van der Waals surface area (Å²) in [5, 5.41) is 3.21. The minimum atomic E-state index is -0.931. The van der Waals surface area contributed by atoms with Gasteiger partial charge in [0.25, 0.3) is 5.91 Å². The normalized spacial score (nSPS) is 16.4. The van der Waals surface area contributed by atoms with Crippen molar-refractivity contribution in [3.8, 4) is 0 Å². The maximum Gasteiger partial charge on any atom is 0.342 e. The third kappa shape index (κ3) is 4.06. The molecule has 1 amide bonds. The highest BCUT2D eigenvalue weighted by Gasteiger charge is 2.26. The van der Waals surface area contributed by atoms with Gasteiger partial charge < -0.3 is 10.1 Å². The van der Waals surface area contributed by atoms with E-state index >= 15 is 0 Å². The first-order chi connectivity index (χ1) is 10.4. The van der Waals surface area contributed by atoms with Gasteiger partial charge in [0.2, 0.25) is 0 Å². The average Bonchev–Trinajstić information content (AvgIpc) is 2.96. The molecule has 1 aliphatic carbocycles. The molecular weight excluding hydrogens is 349 g/mol. The number of nitrogens with one attached hydrogen (secondary N) is 1. The summed E-state index contributed by atoms with van der Waals surface area (Å²) in [5.41, 5.74) is -0.0312. The second kappa shape index (κ2) is 7.53. The van der Waals surface area contributed by atoms with Crippen LogP contribution in [0.3, 0.4) is 0 Å². The van der Waals surface area contributed by atoms with Crippen molar-refractivity contribution < 1.29 is 14.3 Å². The van der Waals surface area contributed by atoms with Gasteiger partial charge in [-0.1, -0.05) is 47.6 Å². The second-order valence-electron chi connectivity index (χ2n) is 5.26. The maximum atomic E-state index is 12.2. The molecule has 120 valence electrons. The molecule has 1 aromatic rings. The van der Waals surface area contributed by atoms with Crippen molar-refractivity contribution in [3.63, 3.8) is 0 Å². The fourth-order valence-electron chi connectivity index (χ4n) is 2.38. The van der Waals surface area contributed by atoms with E-state index in [0.29, 0.717) is 0 Å². The fourth-order valence-corrected chi connectivity index (χ4v) is 3.06. The van der Waals surface area contributed by atoms with Crippen molar-refractivity contribution in [3.05, 3.63) is 32.8 Å². The molecule has 0 spiro atoms. The highest BCUT2D eigenvalue weighted by molar-refractivity contribution is 6.46. The molecule has 1 atom stereocenters. The van der Waals surface area contributed by atoms with Gasteiger partial charge in [0.1, 0.15) is 0 Å². The number of rotatable bonds is 4. The van der Waals surface area contributed by atoms with Crippen LogP contribution in [0.4, 0.5) is 0 Å². The van der Waals surface area contributed by atoms with E-state index in [2.05, 4.69) is 5.32 Å². The van der Waals surface area contributed by atoms with Crippen LogP contribution >= 0.6 is 34.8 Å². The lowest BCUT2D eigenvalue weighted by Gasteiger charge is -2.17. The molecule has 0 saturated heterocycles. The Bertz CT molecular complexity index is 586. The van der Waals surface area contributed by atoms with Crippen molar-refractivity contribution in [2.75, 3.05) is 0 Å². The summed E-state index contributed by atoms with van der Waals surface area (Å²) in [6, 6.07) is 3.10. The Morgan fingerprint density at radius 3 is 2.41 bits per heavy atom. The summed E-state index contributed by atoms with van der Waals surface area (Å²) in [7, 11) is 0. The van der Waals surface area contributed by atoms with Crippen molar-refractivity contribution in [2.45, 2.75) is 44.8 Å². The molecule has 0 bridgehead atoms. The first-order valence-corrected chi connectivity index (χ1v) is 8.18. The number of hydrogen-bond acceptors (Lipinski definition) is 3. The Labute approximate surface area is 144 Å². The predicted octanol–water partition coefficient (Wildman–Crippen LogP) is 4.25. The van der Waals surface area contributed by atoms with Gasteiger partial charge in [-0.15, -0.1) is 0 Å². The van der Waals surface area contributed by atoms with Gasteiger partial charge in [-0.3, -0.25) is 4.79 Å². The summed E-state index contributed by atoms with van der Waals surface area (Å²) in [5.74, 6) is -1.10. The Kier molecular flexibility index (Phi) is 5.95. The average molecular weight is 365 g/mol. The molecule has 0 aliphatic heterocycles. The SMILES string of the molecule is CC(OC(=O)c1c(Cl)ccc(Cl)c1Cl)C(=O)NC1CCCC1. The van der Waals surface area contributed by atoms with Crippen molar-refractivity contribution in [1.82, 2.24) is 5.32 Å². The highest BCUT2D eigenvalue weighted by Crippen LogP contribution is 2.32. The van der Waals surface area contributed by atoms with Gasteiger partial charge in [-0.2, -0.15) is 0 Å². The first kappa shape index (κ1) is 17.4. The van der Waals surface area contributed by atoms with Crippen LogP contribution in [-0.2, 0) is 9.53 Å². The standard InChI is InChI=1S/C15H16Cl3NO3/c1-8(14(20)19-9-4-2-3-5-9)22-15(21)12-10(16)6-7-11(17)13(12)18/h6-9H,2-5H2,1H3,(H,19,20). The van der Waals surface area contributed by atoms with Gasteiger partial charge >= 0.3 is 5.97 Å². The van der Waals surface area contributed by atoms with Gasteiger partial charge in [-0.25, -0.2) is 4.79 Å². The molecule has 0 heterocycles. The Morgan fingerprint density at radius 2 is 1.77 bits per heavy atom. The lowest BCUT2D eigenvalue weighted by atomic mass is 10.2. The summed E-state index contributed by atoms with van der Waals surface area (Å²) in [4.78, 5) is 24.2. The largest absolute Gasteiger partial charge is 0.449 e. The molecule has 1 fully saturated rings. The monoisotopic (exact) mass is 363 g/mol. The van der Waals surface area contributed by atoms with E-state index < -0.39 is 12.1 Å². The molecule has 1 N–H and O–H groups in total. The summed E-state index contributed by atoms with van der Waals surface area (Å²) < 4.78 is 5.15. The highest BCUT2D eigenvalue weighted by atomic mass is 35.5. The van der Waals surface area contributed by atoms with Crippen LogP contribution in [0.15, 0.2) is 12.1 Å². The molecule has 7 heteroatoms. The van der Waals surface area contributed by atoms with Gasteiger partial charge in [0.05, 0.1) is 20.6 Å². The van der Waals surface area contributed by atoms with E-state index in [0.717, 1.165) is 25.7 Å². The van der Waals surface area contributed by atoms with Crippen LogP contribution < -0.4 is 5.32 Å². The van der Waals surface area contributed by atoms with E-state index in [-0.39, 0.29) is 32.6 Å². The second-order valence-corrected chi connectivity index (χ2v) is 6.45. The number of benzene rings is 1. The predicted molar refractivity (Wildman–Crippen MR) is 86.7 cm³/mol. The number of hydrogen-bond donors (Lipinski definition) is 1. The van der Waals surface area contributed by atoms with E-state index in [9.17, 15) is 9.59 Å². The fraction of sp³-hybridized carbons (Fsp3) is 0.467. The van der Waals surface area contributed by atoms with Crippen LogP contribution in [-0.4, -0.2) is 24.0 Å². The number of ether oxygens (including phenoxy) is 1.